The van der Waals surface area contributed by atoms with Gasteiger partial charge in [0, 0.05) is 11.5 Å². The SMILES string of the molecule is Cc1nsc(NC(=O)NCc2cc(C(=O)O)c(C)o2)n1. The number of nitrogens with one attached hydrogen (secondary N) is 2. The Kier molecular flexibility index (Phi) is 3.99. The van der Waals surface area contributed by atoms with E-state index >= 15 is 0 Å². The topological polar surface area (TPSA) is 117 Å². The molecule has 2 rings (SSSR count). The summed E-state index contributed by atoms with van der Waals surface area (Å²) < 4.78 is 9.16. The molecule has 0 saturated carbocycles. The van der Waals surface area contributed by atoms with Crippen molar-refractivity contribution in [3.63, 3.8) is 0 Å². The maximum atomic E-state index is 11.6. The molecule has 0 atom stereocenters. The van der Waals surface area contributed by atoms with Crippen LogP contribution < -0.4 is 10.6 Å². The van der Waals surface area contributed by atoms with Gasteiger partial charge < -0.3 is 14.8 Å². The number of carboxylic acids is 1. The van der Waals surface area contributed by atoms with Crippen molar-refractivity contribution in [2.45, 2.75) is 20.4 Å². The lowest BCUT2D eigenvalue weighted by Gasteiger charge is -2.02. The molecule has 20 heavy (non-hydrogen) atoms. The maximum Gasteiger partial charge on any atom is 0.339 e. The summed E-state index contributed by atoms with van der Waals surface area (Å²) in [6.45, 7) is 3.35. The van der Waals surface area contributed by atoms with Crippen molar-refractivity contribution in [3.05, 3.63) is 29.0 Å². The van der Waals surface area contributed by atoms with Crippen molar-refractivity contribution in [1.82, 2.24) is 14.7 Å². The van der Waals surface area contributed by atoms with E-state index < -0.39 is 12.0 Å². The highest BCUT2D eigenvalue weighted by Crippen LogP contribution is 2.14. The van der Waals surface area contributed by atoms with E-state index in [0.29, 0.717) is 22.5 Å². The Morgan fingerprint density at radius 2 is 2.20 bits per heavy atom. The zero-order chi connectivity index (χ0) is 14.7. The standard InChI is InChI=1S/C11H12N4O4S/c1-5-8(9(16)17)3-7(19-5)4-12-10(18)14-11-13-6(2)15-20-11/h3H,4H2,1-2H3,(H,16,17)(H2,12,13,14,15,18). The van der Waals surface area contributed by atoms with E-state index in [1.54, 1.807) is 13.8 Å². The number of aromatic nitrogens is 2. The average Bonchev–Trinajstić information content (AvgIpc) is 2.93. The fraction of sp³-hybridized carbons (Fsp3) is 0.273. The maximum absolute atomic E-state index is 11.6. The summed E-state index contributed by atoms with van der Waals surface area (Å²) in [5.41, 5.74) is 0.0851. The van der Waals surface area contributed by atoms with E-state index in [2.05, 4.69) is 20.0 Å². The molecule has 0 fully saturated rings. The monoisotopic (exact) mass is 296 g/mol. The molecule has 2 amide bonds. The van der Waals surface area contributed by atoms with Crippen LogP contribution in [0.15, 0.2) is 10.5 Å². The summed E-state index contributed by atoms with van der Waals surface area (Å²) in [5.74, 6) is 0.183. The van der Waals surface area contributed by atoms with Gasteiger partial charge in [0.15, 0.2) is 0 Å². The zero-order valence-electron chi connectivity index (χ0n) is 10.8. The highest BCUT2D eigenvalue weighted by molar-refractivity contribution is 7.09. The van der Waals surface area contributed by atoms with Gasteiger partial charge in [0.2, 0.25) is 5.13 Å². The minimum atomic E-state index is -1.06. The minimum absolute atomic E-state index is 0.0811. The van der Waals surface area contributed by atoms with Crippen LogP contribution >= 0.6 is 11.5 Å². The van der Waals surface area contributed by atoms with Gasteiger partial charge in [-0.3, -0.25) is 5.32 Å². The summed E-state index contributed by atoms with van der Waals surface area (Å²) in [6, 6.07) is 0.916. The molecule has 0 aliphatic rings. The molecule has 2 aromatic rings. The number of aromatic carboxylic acids is 1. The molecule has 0 spiro atoms. The molecule has 2 heterocycles. The minimum Gasteiger partial charge on any atom is -0.478 e. The van der Waals surface area contributed by atoms with Crippen LogP contribution in [0.25, 0.3) is 0 Å². The number of carboxylic acid groups (broad SMARTS) is 1. The van der Waals surface area contributed by atoms with Gasteiger partial charge in [-0.15, -0.1) is 0 Å². The molecule has 0 unspecified atom stereocenters. The van der Waals surface area contributed by atoms with Crippen LogP contribution in [0.5, 0.6) is 0 Å². The fourth-order valence-corrected chi connectivity index (χ4v) is 2.07. The summed E-state index contributed by atoms with van der Waals surface area (Å²) in [6.07, 6.45) is 0. The van der Waals surface area contributed by atoms with Gasteiger partial charge in [-0.05, 0) is 19.9 Å². The second kappa shape index (κ2) is 5.70. The van der Waals surface area contributed by atoms with Crippen LogP contribution in [0.3, 0.4) is 0 Å². The molecule has 0 aliphatic heterocycles. The predicted molar refractivity (Wildman–Crippen MR) is 70.9 cm³/mol. The van der Waals surface area contributed by atoms with E-state index in [4.69, 9.17) is 9.52 Å². The van der Waals surface area contributed by atoms with E-state index in [1.165, 1.54) is 6.07 Å². The summed E-state index contributed by atoms with van der Waals surface area (Å²) in [5, 5.41) is 14.3. The first-order chi connectivity index (χ1) is 9.45. The third-order valence-corrected chi connectivity index (χ3v) is 3.09. The van der Waals surface area contributed by atoms with E-state index in [0.717, 1.165) is 11.5 Å². The molecule has 106 valence electrons. The average molecular weight is 296 g/mol. The molecule has 0 radical (unpaired) electrons. The molecule has 0 aliphatic carbocycles. The number of anilines is 1. The molecule has 2 aromatic heterocycles. The zero-order valence-corrected chi connectivity index (χ0v) is 11.6. The number of hydrogen-bond acceptors (Lipinski definition) is 6. The van der Waals surface area contributed by atoms with Crippen molar-refractivity contribution in [3.8, 4) is 0 Å². The van der Waals surface area contributed by atoms with E-state index in [9.17, 15) is 9.59 Å². The lowest BCUT2D eigenvalue weighted by Crippen LogP contribution is -2.27. The number of carbonyl (C=O) groups is 2. The first-order valence-corrected chi connectivity index (χ1v) is 6.41. The van der Waals surface area contributed by atoms with Crippen LogP contribution in [-0.4, -0.2) is 26.5 Å². The first-order valence-electron chi connectivity index (χ1n) is 5.63. The summed E-state index contributed by atoms with van der Waals surface area (Å²) in [7, 11) is 0. The predicted octanol–water partition coefficient (Wildman–Crippen LogP) is 1.77. The van der Waals surface area contributed by atoms with Gasteiger partial charge in [0.1, 0.15) is 22.9 Å². The Hall–Kier alpha value is -2.42. The van der Waals surface area contributed by atoms with Gasteiger partial charge in [0.05, 0.1) is 6.54 Å². The van der Waals surface area contributed by atoms with Crippen LogP contribution in [0, 0.1) is 13.8 Å². The van der Waals surface area contributed by atoms with Crippen molar-refractivity contribution in [2.24, 2.45) is 0 Å². The largest absolute Gasteiger partial charge is 0.478 e. The number of amides is 2. The van der Waals surface area contributed by atoms with Gasteiger partial charge in [-0.25, -0.2) is 14.6 Å². The fourth-order valence-electron chi connectivity index (χ4n) is 1.50. The van der Waals surface area contributed by atoms with Crippen LogP contribution in [0.1, 0.15) is 27.7 Å². The Morgan fingerprint density at radius 3 is 2.75 bits per heavy atom. The van der Waals surface area contributed by atoms with E-state index in [1.807, 2.05) is 0 Å². The molecular formula is C11H12N4O4S. The number of urea groups is 1. The number of aryl methyl sites for hydroxylation is 2. The van der Waals surface area contributed by atoms with Crippen molar-refractivity contribution in [2.75, 3.05) is 5.32 Å². The van der Waals surface area contributed by atoms with Gasteiger partial charge in [0.25, 0.3) is 0 Å². The van der Waals surface area contributed by atoms with Crippen LogP contribution in [0.4, 0.5) is 9.93 Å². The Morgan fingerprint density at radius 1 is 1.45 bits per heavy atom. The highest BCUT2D eigenvalue weighted by atomic mass is 32.1. The number of rotatable bonds is 4. The van der Waals surface area contributed by atoms with Gasteiger partial charge in [-0.1, -0.05) is 0 Å². The number of furan rings is 1. The molecule has 8 nitrogen and oxygen atoms in total. The molecular weight excluding hydrogens is 284 g/mol. The smallest absolute Gasteiger partial charge is 0.339 e. The Balaban J connectivity index is 1.90. The van der Waals surface area contributed by atoms with Gasteiger partial charge >= 0.3 is 12.0 Å². The lowest BCUT2D eigenvalue weighted by molar-refractivity contribution is 0.0695. The Bertz CT molecular complexity index is 649. The molecule has 9 heteroatoms. The van der Waals surface area contributed by atoms with Crippen molar-refractivity contribution >= 4 is 28.7 Å². The molecule has 0 bridgehead atoms. The molecule has 0 saturated heterocycles. The molecule has 3 N–H and O–H groups in total. The van der Waals surface area contributed by atoms with Gasteiger partial charge in [-0.2, -0.15) is 4.37 Å². The second-order valence-corrected chi connectivity index (χ2v) is 4.69. The van der Waals surface area contributed by atoms with Crippen molar-refractivity contribution < 1.29 is 19.1 Å². The lowest BCUT2D eigenvalue weighted by atomic mass is 10.2. The van der Waals surface area contributed by atoms with Crippen LogP contribution in [-0.2, 0) is 6.54 Å². The number of nitrogens with zero attached hydrogens (tertiary/aromatic N) is 2. The summed E-state index contributed by atoms with van der Waals surface area (Å²) >= 11 is 1.08. The second-order valence-electron chi connectivity index (χ2n) is 3.94. The molecule has 0 aromatic carbocycles. The third kappa shape index (κ3) is 3.32. The quantitative estimate of drug-likeness (QED) is 0.791. The van der Waals surface area contributed by atoms with Crippen molar-refractivity contribution in [1.29, 1.82) is 0 Å². The highest BCUT2D eigenvalue weighted by Gasteiger charge is 2.14. The first kappa shape index (κ1) is 14.0. The van der Waals surface area contributed by atoms with Crippen LogP contribution in [0.2, 0.25) is 0 Å². The Labute approximate surface area is 118 Å². The number of carbonyl (C=O) groups excluding carboxylic acids is 1. The van der Waals surface area contributed by atoms with E-state index in [-0.39, 0.29) is 12.1 Å². The summed E-state index contributed by atoms with van der Waals surface area (Å²) in [4.78, 5) is 26.4. The third-order valence-electron chi connectivity index (χ3n) is 2.37. The number of hydrogen-bond donors (Lipinski definition) is 3. The normalized spacial score (nSPS) is 10.3.